The number of carbonyl (C=O) groups is 1. The second-order valence-electron chi connectivity index (χ2n) is 13.5. The third kappa shape index (κ3) is 38.1. The summed E-state index contributed by atoms with van der Waals surface area (Å²) >= 11 is 0. The predicted molar refractivity (Wildman–Crippen MR) is 206 cm³/mol. The highest BCUT2D eigenvalue weighted by Crippen LogP contribution is 2.43. The molecule has 0 amide bonds. The topological polar surface area (TPSA) is 117 Å². The summed E-state index contributed by atoms with van der Waals surface area (Å²) in [5.74, 6) is -0.341. The minimum atomic E-state index is -4.27. The van der Waals surface area contributed by atoms with Crippen LogP contribution < -0.4 is 5.73 Å². The lowest BCUT2D eigenvalue weighted by Crippen LogP contribution is -2.28. The number of rotatable bonds is 39. The molecule has 0 saturated heterocycles. The van der Waals surface area contributed by atoms with Gasteiger partial charge in [0.05, 0.1) is 19.8 Å². The van der Waals surface area contributed by atoms with E-state index in [9.17, 15) is 14.3 Å². The van der Waals surface area contributed by atoms with Crippen LogP contribution >= 0.6 is 7.82 Å². The van der Waals surface area contributed by atoms with Crippen LogP contribution in [0.5, 0.6) is 0 Å². The van der Waals surface area contributed by atoms with Crippen molar-refractivity contribution in [1.82, 2.24) is 0 Å². The lowest BCUT2D eigenvalue weighted by Gasteiger charge is -2.20. The van der Waals surface area contributed by atoms with Gasteiger partial charge in [-0.3, -0.25) is 13.8 Å². The van der Waals surface area contributed by atoms with Crippen LogP contribution in [-0.4, -0.2) is 49.9 Å². The van der Waals surface area contributed by atoms with Gasteiger partial charge in [-0.05, 0) is 57.8 Å². The third-order valence-electron chi connectivity index (χ3n) is 8.59. The zero-order valence-electron chi connectivity index (χ0n) is 31.9. The van der Waals surface area contributed by atoms with Crippen LogP contribution in [0, 0.1) is 0 Å². The minimum absolute atomic E-state index is 0.0966. The fraction of sp³-hybridized carbons (Fsp3) is 0.875. The van der Waals surface area contributed by atoms with E-state index in [1.54, 1.807) is 0 Å². The Bertz CT molecular complexity index is 807. The van der Waals surface area contributed by atoms with Gasteiger partial charge in [-0.1, -0.05) is 147 Å². The molecule has 0 bridgehead atoms. The molecular formula is C40H78NO7P. The average Bonchev–Trinajstić information content (AvgIpc) is 3.09. The molecule has 0 fully saturated rings. The second kappa shape index (κ2) is 38.2. The number of phosphoric ester groups is 1. The number of ether oxygens (including phenoxy) is 2. The molecule has 0 aromatic rings. The number of carbonyl (C=O) groups excluding carboxylic acids is 1. The van der Waals surface area contributed by atoms with Crippen molar-refractivity contribution in [1.29, 1.82) is 0 Å². The summed E-state index contributed by atoms with van der Waals surface area (Å²) in [5.41, 5.74) is 5.35. The number of allylic oxidation sites excluding steroid dienone is 4. The van der Waals surface area contributed by atoms with Crippen molar-refractivity contribution in [2.45, 2.75) is 193 Å². The van der Waals surface area contributed by atoms with E-state index >= 15 is 0 Å². The Morgan fingerprint density at radius 1 is 0.592 bits per heavy atom. The highest BCUT2D eigenvalue weighted by atomic mass is 31.2. The molecule has 0 radical (unpaired) electrons. The zero-order valence-corrected chi connectivity index (χ0v) is 32.8. The van der Waals surface area contributed by atoms with E-state index in [4.69, 9.17) is 24.3 Å². The van der Waals surface area contributed by atoms with E-state index in [1.165, 1.54) is 122 Å². The smallest absolute Gasteiger partial charge is 0.457 e. The van der Waals surface area contributed by atoms with Crippen LogP contribution in [0.2, 0.25) is 0 Å². The molecule has 2 atom stereocenters. The van der Waals surface area contributed by atoms with E-state index in [0.717, 1.165) is 44.9 Å². The number of hydrogen-bond donors (Lipinski definition) is 2. The monoisotopic (exact) mass is 716 g/mol. The summed E-state index contributed by atoms with van der Waals surface area (Å²) in [4.78, 5) is 22.4. The van der Waals surface area contributed by atoms with Gasteiger partial charge in [0.2, 0.25) is 0 Å². The van der Waals surface area contributed by atoms with Gasteiger partial charge >= 0.3 is 13.8 Å². The van der Waals surface area contributed by atoms with E-state index in [2.05, 4.69) is 38.2 Å². The molecular weight excluding hydrogens is 637 g/mol. The molecule has 2 unspecified atom stereocenters. The Labute approximate surface area is 302 Å². The highest BCUT2D eigenvalue weighted by Gasteiger charge is 2.25. The first-order chi connectivity index (χ1) is 23.9. The molecule has 0 aromatic carbocycles. The van der Waals surface area contributed by atoms with Crippen molar-refractivity contribution in [2.24, 2.45) is 5.73 Å². The maximum Gasteiger partial charge on any atom is 0.472 e. The fourth-order valence-corrected chi connectivity index (χ4v) is 6.33. The molecule has 0 saturated carbocycles. The van der Waals surface area contributed by atoms with Crippen molar-refractivity contribution < 1.29 is 32.8 Å². The quantitative estimate of drug-likeness (QED) is 0.0279. The molecule has 9 heteroatoms. The first-order valence-electron chi connectivity index (χ1n) is 20.3. The highest BCUT2D eigenvalue weighted by molar-refractivity contribution is 7.47. The normalized spacial score (nSPS) is 13.8. The van der Waals surface area contributed by atoms with Gasteiger partial charge in [0.15, 0.2) is 0 Å². The molecule has 8 nitrogen and oxygen atoms in total. The van der Waals surface area contributed by atoms with Crippen molar-refractivity contribution in [3.05, 3.63) is 24.3 Å². The van der Waals surface area contributed by atoms with E-state index in [0.29, 0.717) is 13.0 Å². The summed E-state index contributed by atoms with van der Waals surface area (Å²) in [6.45, 7) is 4.87. The zero-order chi connectivity index (χ0) is 35.9. The van der Waals surface area contributed by atoms with Crippen LogP contribution in [-0.2, 0) is 27.9 Å². The van der Waals surface area contributed by atoms with Crippen molar-refractivity contribution >= 4 is 13.8 Å². The molecule has 0 aromatic heterocycles. The Balaban J connectivity index is 4.00. The first kappa shape index (κ1) is 48.0. The maximum atomic E-state index is 12.5. The first-order valence-corrected chi connectivity index (χ1v) is 21.8. The van der Waals surface area contributed by atoms with Crippen LogP contribution in [0.4, 0.5) is 0 Å². The fourth-order valence-electron chi connectivity index (χ4n) is 5.56. The molecule has 0 aliphatic carbocycles. The van der Waals surface area contributed by atoms with Gasteiger partial charge < -0.3 is 20.1 Å². The molecule has 290 valence electrons. The number of nitrogens with two attached hydrogens (primary N) is 1. The van der Waals surface area contributed by atoms with Crippen LogP contribution in [0.15, 0.2) is 24.3 Å². The van der Waals surface area contributed by atoms with Crippen molar-refractivity contribution in [2.75, 3.05) is 33.0 Å². The van der Waals surface area contributed by atoms with Gasteiger partial charge in [-0.2, -0.15) is 0 Å². The number of unbranched alkanes of at least 4 members (excludes halogenated alkanes) is 22. The van der Waals surface area contributed by atoms with Gasteiger partial charge in [0.25, 0.3) is 0 Å². The summed E-state index contributed by atoms with van der Waals surface area (Å²) in [6, 6.07) is 0. The average molecular weight is 716 g/mol. The third-order valence-corrected chi connectivity index (χ3v) is 9.58. The van der Waals surface area contributed by atoms with Crippen LogP contribution in [0.25, 0.3) is 0 Å². The summed E-state index contributed by atoms with van der Waals surface area (Å²) in [7, 11) is -4.27. The van der Waals surface area contributed by atoms with Gasteiger partial charge in [0, 0.05) is 19.6 Å². The molecule has 0 aliphatic rings. The number of phosphoric acid groups is 1. The minimum Gasteiger partial charge on any atom is -0.457 e. The van der Waals surface area contributed by atoms with Gasteiger partial charge in [-0.25, -0.2) is 4.57 Å². The summed E-state index contributed by atoms with van der Waals surface area (Å²) in [6.07, 6.45) is 40.5. The maximum absolute atomic E-state index is 12.5. The standard InChI is InChI=1S/C40H78NO7P/c1-3-5-7-9-11-13-15-16-17-18-19-20-21-22-24-26-28-30-32-35-45-37-39(38-47-49(43,44)46-36-34-41)48-40(42)33-31-29-27-25-23-14-12-10-8-6-4-2/h10,12,17-18,39H,3-9,11,13-16,19-38,41H2,1-2H3,(H,43,44)/b12-10-,18-17-. The van der Waals surface area contributed by atoms with E-state index in [-0.39, 0.29) is 32.3 Å². The Kier molecular flexibility index (Phi) is 37.4. The van der Waals surface area contributed by atoms with Gasteiger partial charge in [0.1, 0.15) is 6.10 Å². The number of hydrogen-bond acceptors (Lipinski definition) is 7. The molecule has 0 aliphatic heterocycles. The Morgan fingerprint density at radius 3 is 1.55 bits per heavy atom. The molecule has 0 heterocycles. The van der Waals surface area contributed by atoms with E-state index in [1.807, 2.05) is 0 Å². The lowest BCUT2D eigenvalue weighted by molar-refractivity contribution is -0.154. The molecule has 49 heavy (non-hydrogen) atoms. The molecule has 3 N–H and O–H groups in total. The van der Waals surface area contributed by atoms with Crippen LogP contribution in [0.3, 0.4) is 0 Å². The largest absolute Gasteiger partial charge is 0.472 e. The van der Waals surface area contributed by atoms with Crippen LogP contribution in [0.1, 0.15) is 187 Å². The summed E-state index contributed by atoms with van der Waals surface area (Å²) in [5, 5.41) is 0. The molecule has 0 rings (SSSR count). The number of esters is 1. The summed E-state index contributed by atoms with van der Waals surface area (Å²) < 4.78 is 33.3. The molecule has 0 spiro atoms. The van der Waals surface area contributed by atoms with Crippen molar-refractivity contribution in [3.8, 4) is 0 Å². The van der Waals surface area contributed by atoms with Crippen molar-refractivity contribution in [3.63, 3.8) is 0 Å². The Hall–Kier alpha value is -1.02. The lowest BCUT2D eigenvalue weighted by atomic mass is 10.1. The van der Waals surface area contributed by atoms with E-state index < -0.39 is 13.9 Å². The second-order valence-corrected chi connectivity index (χ2v) is 14.9. The Morgan fingerprint density at radius 2 is 1.04 bits per heavy atom. The predicted octanol–water partition coefficient (Wildman–Crippen LogP) is 11.7. The SMILES string of the molecule is CCCC/C=C\CCCCCCCC(=O)OC(COCCCCCCCCCC/C=C\CCCCCCCCC)COP(=O)(O)OCCN. The van der Waals surface area contributed by atoms with Gasteiger partial charge in [-0.15, -0.1) is 0 Å².